The van der Waals surface area contributed by atoms with Crippen LogP contribution >= 0.6 is 0 Å². The number of hydrogen-bond donors (Lipinski definition) is 12. The van der Waals surface area contributed by atoms with Gasteiger partial charge in [0.05, 0.1) is 38.6 Å². The highest BCUT2D eigenvalue weighted by atomic mass is 16.8. The Bertz CT molecular complexity index is 1330. The number of aliphatic hydroxyl groups excluding tert-OH is 11. The van der Waals surface area contributed by atoms with Crippen LogP contribution in [0.25, 0.3) is 0 Å². The normalized spacial score (nSPS) is 32.9. The van der Waals surface area contributed by atoms with Crippen LogP contribution in [0.3, 0.4) is 0 Å². The Hall–Kier alpha value is -1.47. The minimum Gasteiger partial charge on any atom is -0.394 e. The van der Waals surface area contributed by atoms with Gasteiger partial charge < -0.3 is 89.9 Å². The molecule has 0 spiro atoms. The third kappa shape index (κ3) is 21.5. The summed E-state index contributed by atoms with van der Waals surface area (Å²) in [6, 6.07) is -0.884. The molecule has 0 aromatic heterocycles. The largest absolute Gasteiger partial charge is 0.394 e. The van der Waals surface area contributed by atoms with Crippen molar-refractivity contribution in [1.82, 2.24) is 5.32 Å². The summed E-state index contributed by atoms with van der Waals surface area (Å²) >= 11 is 0. The second-order valence-corrected chi connectivity index (χ2v) is 19.3. The van der Waals surface area contributed by atoms with E-state index in [0.29, 0.717) is 12.8 Å². The Morgan fingerprint density at radius 2 is 0.913 bits per heavy atom. The molecule has 19 heteroatoms. The maximum atomic E-state index is 13.2. The predicted octanol–water partition coefficient (Wildman–Crippen LogP) is 2.26. The second-order valence-electron chi connectivity index (χ2n) is 19.3. The highest BCUT2D eigenvalue weighted by Crippen LogP contribution is 2.33. The van der Waals surface area contributed by atoms with Gasteiger partial charge in [-0.25, -0.2) is 0 Å². The minimum absolute atomic E-state index is 0.255. The summed E-state index contributed by atoms with van der Waals surface area (Å²) in [5.41, 5.74) is 0. The highest BCUT2D eigenvalue weighted by molar-refractivity contribution is 5.76. The summed E-state index contributed by atoms with van der Waals surface area (Å²) in [5, 5.41) is 120. The monoisotopic (exact) mass is 996 g/mol. The fraction of sp³-hybridized carbons (Fsp3) is 0.940. The lowest BCUT2D eigenvalue weighted by Crippen LogP contribution is -2.66. The van der Waals surface area contributed by atoms with Crippen molar-refractivity contribution in [2.45, 2.75) is 272 Å². The number of ether oxygens (including phenoxy) is 6. The van der Waals surface area contributed by atoms with Crippen LogP contribution in [0.15, 0.2) is 12.2 Å². The quantitative estimate of drug-likeness (QED) is 0.0314. The molecule has 0 aliphatic carbocycles. The topological polar surface area (TPSA) is 307 Å². The van der Waals surface area contributed by atoms with Crippen LogP contribution in [0.2, 0.25) is 0 Å². The minimum atomic E-state index is -1.97. The molecule has 1 amide bonds. The number of rotatable bonds is 37. The molecule has 17 atom stereocenters. The third-order valence-corrected chi connectivity index (χ3v) is 13.6. The van der Waals surface area contributed by atoms with Crippen LogP contribution in [-0.4, -0.2) is 193 Å². The molecule has 3 fully saturated rings. The zero-order chi connectivity index (χ0) is 50.6. The molecule has 69 heavy (non-hydrogen) atoms. The lowest BCUT2D eigenvalue weighted by molar-refractivity contribution is -0.379. The number of unbranched alkanes of at least 4 members (excludes halogenated alkanes) is 19. The summed E-state index contributed by atoms with van der Waals surface area (Å²) in [7, 11) is 0. The van der Waals surface area contributed by atoms with E-state index in [2.05, 4.69) is 31.3 Å². The summed E-state index contributed by atoms with van der Waals surface area (Å²) in [6.45, 7) is 1.72. The molecule has 406 valence electrons. The van der Waals surface area contributed by atoms with Crippen molar-refractivity contribution in [3.8, 4) is 0 Å². The smallest absolute Gasteiger partial charge is 0.220 e. The standard InChI is InChI=1S/C50H93NO18/c1-3-5-7-9-11-13-15-16-17-18-20-22-24-26-28-38(56)51-33(34(55)27-25-23-21-19-14-12-10-8-6-4-2)32-64-48-44(62)41(59)46(36(30-53)66-48)69-50-45(63)42(60)47(37(31-54)67-50)68-49-43(61)40(58)39(57)35(29-52)65-49/h15-16,33-37,39-50,52-55,57-63H,3-14,17-32H2,1-2H3,(H,51,56)/b16-15-. The summed E-state index contributed by atoms with van der Waals surface area (Å²) in [4.78, 5) is 13.2. The molecule has 3 rings (SSSR count). The van der Waals surface area contributed by atoms with Crippen molar-refractivity contribution in [3.63, 3.8) is 0 Å². The molecule has 0 aromatic rings. The fourth-order valence-corrected chi connectivity index (χ4v) is 9.13. The highest BCUT2D eigenvalue weighted by Gasteiger charge is 2.53. The molecule has 3 aliphatic rings. The second kappa shape index (κ2) is 35.6. The van der Waals surface area contributed by atoms with Gasteiger partial charge >= 0.3 is 0 Å². The van der Waals surface area contributed by atoms with Gasteiger partial charge in [0.2, 0.25) is 5.91 Å². The molecule has 0 saturated carbocycles. The number of nitrogens with one attached hydrogen (secondary N) is 1. The third-order valence-electron chi connectivity index (χ3n) is 13.6. The van der Waals surface area contributed by atoms with E-state index >= 15 is 0 Å². The lowest BCUT2D eigenvalue weighted by Gasteiger charge is -2.48. The van der Waals surface area contributed by atoms with Crippen molar-refractivity contribution in [1.29, 1.82) is 0 Å². The molecule has 3 saturated heterocycles. The van der Waals surface area contributed by atoms with Gasteiger partial charge in [-0.05, 0) is 38.5 Å². The van der Waals surface area contributed by atoms with Gasteiger partial charge in [0.15, 0.2) is 18.9 Å². The molecule has 0 bridgehead atoms. The van der Waals surface area contributed by atoms with Gasteiger partial charge in [-0.15, -0.1) is 0 Å². The summed E-state index contributed by atoms with van der Waals surface area (Å²) in [6.07, 6.45) is 3.24. The van der Waals surface area contributed by atoms with E-state index in [-0.39, 0.29) is 18.9 Å². The van der Waals surface area contributed by atoms with E-state index < -0.39 is 124 Å². The van der Waals surface area contributed by atoms with Crippen LogP contribution in [0.5, 0.6) is 0 Å². The van der Waals surface area contributed by atoms with Gasteiger partial charge in [-0.1, -0.05) is 135 Å². The molecule has 19 nitrogen and oxygen atoms in total. The van der Waals surface area contributed by atoms with Crippen molar-refractivity contribution in [2.75, 3.05) is 26.4 Å². The first-order valence-electron chi connectivity index (χ1n) is 26.4. The van der Waals surface area contributed by atoms with Gasteiger partial charge in [0, 0.05) is 6.42 Å². The first kappa shape index (κ1) is 61.8. The van der Waals surface area contributed by atoms with Crippen LogP contribution in [0.1, 0.15) is 168 Å². The number of aliphatic hydroxyl groups is 11. The van der Waals surface area contributed by atoms with Crippen LogP contribution in [-0.2, 0) is 33.2 Å². The molecular formula is C50H93NO18. The number of hydrogen-bond acceptors (Lipinski definition) is 18. The van der Waals surface area contributed by atoms with E-state index in [1.807, 2.05) is 0 Å². The number of amides is 1. The zero-order valence-corrected chi connectivity index (χ0v) is 41.5. The first-order chi connectivity index (χ1) is 33.3. The van der Waals surface area contributed by atoms with E-state index in [1.165, 1.54) is 70.6 Å². The molecular weight excluding hydrogens is 903 g/mol. The van der Waals surface area contributed by atoms with Crippen LogP contribution < -0.4 is 5.32 Å². The van der Waals surface area contributed by atoms with Gasteiger partial charge in [0.1, 0.15) is 73.2 Å². The predicted molar refractivity (Wildman–Crippen MR) is 254 cm³/mol. The Balaban J connectivity index is 1.54. The maximum absolute atomic E-state index is 13.2. The Morgan fingerprint density at radius 1 is 0.507 bits per heavy atom. The number of carbonyl (C=O) groups is 1. The molecule has 3 aliphatic heterocycles. The lowest BCUT2D eigenvalue weighted by atomic mass is 9.96. The van der Waals surface area contributed by atoms with Crippen molar-refractivity contribution in [3.05, 3.63) is 12.2 Å². The van der Waals surface area contributed by atoms with Gasteiger partial charge in [-0.2, -0.15) is 0 Å². The van der Waals surface area contributed by atoms with E-state index in [9.17, 15) is 61.0 Å². The molecule has 17 unspecified atom stereocenters. The average molecular weight is 996 g/mol. The summed E-state index contributed by atoms with van der Waals surface area (Å²) < 4.78 is 34.1. The van der Waals surface area contributed by atoms with E-state index in [1.54, 1.807) is 0 Å². The SMILES string of the molecule is CCCCCCC/C=C\CCCCCCCC(=O)NC(COC1OC(CO)C(OC2OC(CO)C(OC3OC(CO)C(O)C(O)C3O)C(O)C2O)C(O)C1O)C(O)CCCCCCCCCCCC. The number of allylic oxidation sites excluding steroid dienone is 2. The Labute approximate surface area is 410 Å². The van der Waals surface area contributed by atoms with Gasteiger partial charge in [-0.3, -0.25) is 4.79 Å². The van der Waals surface area contributed by atoms with Gasteiger partial charge in [0.25, 0.3) is 0 Å². The molecule has 3 heterocycles. The van der Waals surface area contributed by atoms with E-state index in [0.717, 1.165) is 64.2 Å². The molecule has 0 aromatic carbocycles. The summed E-state index contributed by atoms with van der Waals surface area (Å²) in [5.74, 6) is -0.255. The van der Waals surface area contributed by atoms with Crippen LogP contribution in [0, 0.1) is 0 Å². The van der Waals surface area contributed by atoms with Crippen LogP contribution in [0.4, 0.5) is 0 Å². The van der Waals surface area contributed by atoms with Crippen molar-refractivity contribution >= 4 is 5.91 Å². The molecule has 0 radical (unpaired) electrons. The fourth-order valence-electron chi connectivity index (χ4n) is 9.13. The Morgan fingerprint density at radius 3 is 1.41 bits per heavy atom. The van der Waals surface area contributed by atoms with Crippen molar-refractivity contribution in [2.24, 2.45) is 0 Å². The van der Waals surface area contributed by atoms with E-state index in [4.69, 9.17) is 28.4 Å². The Kier molecular flexibility index (Phi) is 31.9. The molecule has 12 N–H and O–H groups in total. The zero-order valence-electron chi connectivity index (χ0n) is 41.5. The average Bonchev–Trinajstić information content (AvgIpc) is 3.34. The maximum Gasteiger partial charge on any atom is 0.220 e. The van der Waals surface area contributed by atoms with Crippen molar-refractivity contribution < 1.29 is 89.4 Å². The first-order valence-corrected chi connectivity index (χ1v) is 26.4. The number of carbonyl (C=O) groups excluding carboxylic acids is 1.